The maximum atomic E-state index is 13.8. The smallest absolute Gasteiger partial charge is 0.267 e. The minimum Gasteiger partial charge on any atom is -0.267 e. The van der Waals surface area contributed by atoms with E-state index in [4.69, 9.17) is 11.6 Å². The van der Waals surface area contributed by atoms with Crippen molar-refractivity contribution in [2.45, 2.75) is 26.3 Å². The fraction of sp³-hybridized carbons (Fsp3) is 0.235. The third-order valence-electron chi connectivity index (χ3n) is 3.30. The molecule has 0 unspecified atom stereocenters. The van der Waals surface area contributed by atoms with E-state index in [1.807, 2.05) is 0 Å². The van der Waals surface area contributed by atoms with E-state index in [1.165, 1.54) is 18.3 Å². The van der Waals surface area contributed by atoms with Crippen LogP contribution in [0.5, 0.6) is 0 Å². The van der Waals surface area contributed by atoms with Crippen LogP contribution >= 0.6 is 11.6 Å². The molecule has 0 saturated heterocycles. The summed E-state index contributed by atoms with van der Waals surface area (Å²) >= 11 is 5.68. The molecule has 1 N–H and O–H groups in total. The zero-order valence-corrected chi connectivity index (χ0v) is 14.9. The molecule has 1 heterocycles. The molecule has 0 bridgehead atoms. The van der Waals surface area contributed by atoms with Gasteiger partial charge in [-0.15, -0.1) is 0 Å². The van der Waals surface area contributed by atoms with Crippen LogP contribution in [-0.2, 0) is 0 Å². The van der Waals surface area contributed by atoms with E-state index in [9.17, 15) is 22.8 Å². The number of rotatable bonds is 2. The Kier molecular flexibility index (Phi) is 5.56. The zero-order chi connectivity index (χ0) is 19.6. The maximum Gasteiger partial charge on any atom is 0.275 e. The molecule has 2 aromatic rings. The molecular formula is C17H15ClF3N3O2. The first kappa shape index (κ1) is 19.7. The summed E-state index contributed by atoms with van der Waals surface area (Å²) in [6, 6.07) is 3.53. The second-order valence-electron chi connectivity index (χ2n) is 6.37. The molecule has 0 aliphatic heterocycles. The number of aromatic nitrogens is 1. The highest BCUT2D eigenvalue weighted by atomic mass is 35.5. The molecule has 0 aliphatic carbocycles. The van der Waals surface area contributed by atoms with Crippen LogP contribution in [0.1, 0.15) is 41.5 Å². The summed E-state index contributed by atoms with van der Waals surface area (Å²) in [5.41, 5.74) is 0.328. The molecule has 26 heavy (non-hydrogen) atoms. The molecule has 0 saturated carbocycles. The highest BCUT2D eigenvalue weighted by Gasteiger charge is 2.31. The van der Waals surface area contributed by atoms with Crippen LogP contribution in [0.4, 0.5) is 13.2 Å². The van der Waals surface area contributed by atoms with Crippen molar-refractivity contribution in [2.24, 2.45) is 0 Å². The molecular weight excluding hydrogens is 371 g/mol. The molecule has 0 aliphatic rings. The van der Waals surface area contributed by atoms with Crippen molar-refractivity contribution < 1.29 is 22.8 Å². The van der Waals surface area contributed by atoms with Gasteiger partial charge in [-0.2, -0.15) is 0 Å². The summed E-state index contributed by atoms with van der Waals surface area (Å²) in [5, 5.41) is 1.08. The number of hydrogen-bond acceptors (Lipinski definition) is 3. The standard InChI is InChI=1S/C17H15ClF3N3O2/c1-17(2,3)24(16(26)9-4-5-13(18)22-8-9)23-15(25)14-11(20)6-10(19)7-12(14)21/h4-8H,1-3H3,(H,23,25). The van der Waals surface area contributed by atoms with Crippen molar-refractivity contribution >= 4 is 23.4 Å². The zero-order valence-electron chi connectivity index (χ0n) is 14.1. The Bertz CT molecular complexity index is 828. The van der Waals surface area contributed by atoms with E-state index in [0.29, 0.717) is 12.1 Å². The van der Waals surface area contributed by atoms with Crippen LogP contribution in [0.2, 0.25) is 5.15 Å². The van der Waals surface area contributed by atoms with Crippen LogP contribution in [0.25, 0.3) is 0 Å². The molecule has 2 amide bonds. The molecule has 0 fully saturated rings. The topological polar surface area (TPSA) is 62.3 Å². The number of benzene rings is 1. The Labute approximate surface area is 152 Å². The van der Waals surface area contributed by atoms with Crippen LogP contribution in [0.15, 0.2) is 30.5 Å². The fourth-order valence-corrected chi connectivity index (χ4v) is 2.18. The van der Waals surface area contributed by atoms with Crippen molar-refractivity contribution in [2.75, 3.05) is 0 Å². The number of carbonyl (C=O) groups is 2. The molecule has 5 nitrogen and oxygen atoms in total. The quantitative estimate of drug-likeness (QED) is 0.632. The number of pyridine rings is 1. The van der Waals surface area contributed by atoms with Gasteiger partial charge in [-0.1, -0.05) is 11.6 Å². The van der Waals surface area contributed by atoms with Gasteiger partial charge >= 0.3 is 0 Å². The van der Waals surface area contributed by atoms with Gasteiger partial charge in [-0.3, -0.25) is 15.0 Å². The summed E-state index contributed by atoms with van der Waals surface area (Å²) in [5.74, 6) is -5.82. The summed E-state index contributed by atoms with van der Waals surface area (Å²) in [4.78, 5) is 28.8. The first-order valence-corrected chi connectivity index (χ1v) is 7.80. The summed E-state index contributed by atoms with van der Waals surface area (Å²) < 4.78 is 40.6. The summed E-state index contributed by atoms with van der Waals surface area (Å²) in [6.07, 6.45) is 1.20. The highest BCUT2D eigenvalue weighted by molar-refractivity contribution is 6.29. The molecule has 1 aromatic carbocycles. The minimum absolute atomic E-state index is 0.102. The van der Waals surface area contributed by atoms with Gasteiger partial charge in [-0.25, -0.2) is 23.2 Å². The van der Waals surface area contributed by atoms with Gasteiger partial charge in [0.1, 0.15) is 28.2 Å². The molecule has 0 atom stereocenters. The largest absolute Gasteiger partial charge is 0.275 e. The van der Waals surface area contributed by atoms with Crippen LogP contribution in [0.3, 0.4) is 0 Å². The maximum absolute atomic E-state index is 13.8. The number of carbonyl (C=O) groups excluding carboxylic acids is 2. The molecule has 9 heteroatoms. The van der Waals surface area contributed by atoms with Crippen LogP contribution in [0, 0.1) is 17.5 Å². The van der Waals surface area contributed by atoms with Gasteiger partial charge < -0.3 is 0 Å². The average Bonchev–Trinajstić information content (AvgIpc) is 2.50. The van der Waals surface area contributed by atoms with Crippen molar-refractivity contribution in [3.8, 4) is 0 Å². The van der Waals surface area contributed by atoms with Crippen molar-refractivity contribution in [3.63, 3.8) is 0 Å². The number of nitrogens with zero attached hydrogens (tertiary/aromatic N) is 2. The van der Waals surface area contributed by atoms with E-state index >= 15 is 0 Å². The Morgan fingerprint density at radius 2 is 1.69 bits per heavy atom. The number of amides is 2. The highest BCUT2D eigenvalue weighted by Crippen LogP contribution is 2.19. The van der Waals surface area contributed by atoms with Crippen LogP contribution < -0.4 is 5.43 Å². The van der Waals surface area contributed by atoms with Gasteiger partial charge in [-0.05, 0) is 32.9 Å². The molecule has 138 valence electrons. The second kappa shape index (κ2) is 7.33. The van der Waals surface area contributed by atoms with E-state index in [1.54, 1.807) is 20.8 Å². The second-order valence-corrected chi connectivity index (χ2v) is 6.75. The number of nitrogens with one attached hydrogen (secondary N) is 1. The Hall–Kier alpha value is -2.61. The molecule has 1 aromatic heterocycles. The number of hydrogen-bond donors (Lipinski definition) is 1. The Morgan fingerprint density at radius 1 is 1.12 bits per heavy atom. The SMILES string of the molecule is CC(C)(C)N(NC(=O)c1c(F)cc(F)cc1F)C(=O)c1ccc(Cl)nc1. The average molecular weight is 386 g/mol. The van der Waals surface area contributed by atoms with E-state index in [2.05, 4.69) is 10.4 Å². The third-order valence-corrected chi connectivity index (χ3v) is 3.52. The van der Waals surface area contributed by atoms with Gasteiger partial charge in [0.25, 0.3) is 11.8 Å². The predicted molar refractivity (Wildman–Crippen MR) is 89.0 cm³/mol. The predicted octanol–water partition coefficient (Wildman–Crippen LogP) is 3.74. The number of hydrazine groups is 1. The normalized spacial score (nSPS) is 11.2. The van der Waals surface area contributed by atoms with E-state index in [-0.39, 0.29) is 10.7 Å². The molecule has 2 rings (SSSR count). The Balaban J connectivity index is 2.36. The molecule has 0 spiro atoms. The lowest BCUT2D eigenvalue weighted by Crippen LogP contribution is -2.56. The lowest BCUT2D eigenvalue weighted by molar-refractivity contribution is 0.0354. The summed E-state index contributed by atoms with van der Waals surface area (Å²) in [6.45, 7) is 4.81. The van der Waals surface area contributed by atoms with Crippen LogP contribution in [-0.4, -0.2) is 27.3 Å². The fourth-order valence-electron chi connectivity index (χ4n) is 2.07. The first-order valence-electron chi connectivity index (χ1n) is 7.42. The van der Waals surface area contributed by atoms with Crippen molar-refractivity contribution in [1.82, 2.24) is 15.4 Å². The Morgan fingerprint density at radius 3 is 2.15 bits per heavy atom. The first-order chi connectivity index (χ1) is 12.0. The number of halogens is 4. The van der Waals surface area contributed by atoms with Gasteiger partial charge in [0.2, 0.25) is 0 Å². The minimum atomic E-state index is -1.38. The van der Waals surface area contributed by atoms with Crippen molar-refractivity contribution in [3.05, 3.63) is 64.2 Å². The van der Waals surface area contributed by atoms with Gasteiger partial charge in [0.15, 0.2) is 0 Å². The molecule has 0 radical (unpaired) electrons. The summed E-state index contributed by atoms with van der Waals surface area (Å²) in [7, 11) is 0. The van der Waals surface area contributed by atoms with Crippen molar-refractivity contribution in [1.29, 1.82) is 0 Å². The van der Waals surface area contributed by atoms with E-state index in [0.717, 1.165) is 5.01 Å². The van der Waals surface area contributed by atoms with Gasteiger partial charge in [0, 0.05) is 18.3 Å². The lowest BCUT2D eigenvalue weighted by atomic mass is 10.1. The van der Waals surface area contributed by atoms with Gasteiger partial charge in [0.05, 0.1) is 11.1 Å². The monoisotopic (exact) mass is 385 g/mol. The third kappa shape index (κ3) is 4.32. The van der Waals surface area contributed by atoms with E-state index < -0.39 is 40.4 Å². The lowest BCUT2D eigenvalue weighted by Gasteiger charge is -2.35.